The van der Waals surface area contributed by atoms with Crippen LogP contribution in [-0.2, 0) is 86.2 Å². The summed E-state index contributed by atoms with van der Waals surface area (Å²) in [7, 11) is 2.01. The smallest absolute Gasteiger partial charge is 0.329 e. The Kier molecular flexibility index (Phi) is 40.0. The highest BCUT2D eigenvalue weighted by Crippen LogP contribution is 2.27. The van der Waals surface area contributed by atoms with Crippen molar-refractivity contribution in [3.63, 3.8) is 0 Å². The van der Waals surface area contributed by atoms with Gasteiger partial charge in [-0.25, -0.2) is 4.79 Å². The molecule has 24 N–H and O–H groups in total. The molecule has 2 fully saturated rings. The zero-order chi connectivity index (χ0) is 82.6. The summed E-state index contributed by atoms with van der Waals surface area (Å²) in [4.78, 5) is 227. The Morgan fingerprint density at radius 2 is 1.24 bits per heavy atom. The van der Waals surface area contributed by atoms with Gasteiger partial charge >= 0.3 is 5.97 Å². The Hall–Kier alpha value is -8.76. The average molecular weight is 1540 g/mol. The van der Waals surface area contributed by atoms with E-state index in [9.17, 15) is 92.7 Å². The number of methoxy groups -OCH3 is 1. The van der Waals surface area contributed by atoms with Crippen LogP contribution < -0.4 is 76.5 Å². The number of hydrogen-bond acceptors (Lipinski definition) is 24. The number of amides is 15. The van der Waals surface area contributed by atoms with Crippen LogP contribution in [0.5, 0.6) is 0 Å². The lowest BCUT2D eigenvalue weighted by Crippen LogP contribution is -2.65. The molecule has 39 heteroatoms. The summed E-state index contributed by atoms with van der Waals surface area (Å²) in [5.41, 5.74) is 28.3. The minimum atomic E-state index is -2.68. The molecule has 2 heterocycles. The van der Waals surface area contributed by atoms with Crippen LogP contribution in [-0.4, -0.2) is 267 Å². The quantitative estimate of drug-likeness (QED) is 0.0262. The first-order valence-electron chi connectivity index (χ1n) is 36.5. The van der Waals surface area contributed by atoms with E-state index in [1.807, 2.05) is 6.92 Å². The highest BCUT2D eigenvalue weighted by Gasteiger charge is 2.47. The van der Waals surface area contributed by atoms with Crippen molar-refractivity contribution < 1.29 is 112 Å². The van der Waals surface area contributed by atoms with E-state index >= 15 is 9.59 Å². The van der Waals surface area contributed by atoms with Gasteiger partial charge in [0, 0.05) is 33.0 Å². The summed E-state index contributed by atoms with van der Waals surface area (Å²) in [6.07, 6.45) is -14.7. The lowest BCUT2D eigenvalue weighted by Gasteiger charge is -2.38. The van der Waals surface area contributed by atoms with Crippen molar-refractivity contribution >= 4 is 94.6 Å². The summed E-state index contributed by atoms with van der Waals surface area (Å²) in [5.74, 6) is -23.6. The lowest BCUT2D eigenvalue weighted by atomic mass is 9.84. The first-order chi connectivity index (χ1) is 50.3. The average Bonchev–Trinajstić information content (AvgIpc) is 0.845. The van der Waals surface area contributed by atoms with Crippen molar-refractivity contribution in [2.75, 3.05) is 33.8 Å². The van der Waals surface area contributed by atoms with Crippen LogP contribution in [0.4, 0.5) is 0 Å². The summed E-state index contributed by atoms with van der Waals surface area (Å²) in [6.45, 7) is 17.2. The van der Waals surface area contributed by atoms with Gasteiger partial charge in [0.05, 0.1) is 43.2 Å². The third-order valence-electron chi connectivity index (χ3n) is 19.7. The molecule has 2 aliphatic rings. The van der Waals surface area contributed by atoms with Crippen molar-refractivity contribution in [1.82, 2.24) is 57.7 Å². The van der Waals surface area contributed by atoms with E-state index in [4.69, 9.17) is 38.1 Å². The van der Waals surface area contributed by atoms with Gasteiger partial charge in [-0.2, -0.15) is 0 Å². The number of aliphatic hydroxyl groups is 5. The van der Waals surface area contributed by atoms with Crippen molar-refractivity contribution in [3.05, 3.63) is 0 Å². The first kappa shape index (κ1) is 95.3. The van der Waals surface area contributed by atoms with Gasteiger partial charge in [0.2, 0.25) is 82.7 Å². The number of esters is 1. The van der Waals surface area contributed by atoms with Crippen LogP contribution in [0.1, 0.15) is 160 Å². The summed E-state index contributed by atoms with van der Waals surface area (Å²) in [6, 6.07) is -19.5. The molecule has 108 heavy (non-hydrogen) atoms. The van der Waals surface area contributed by atoms with E-state index in [-0.39, 0.29) is 69.4 Å². The second-order valence-corrected chi connectivity index (χ2v) is 29.2. The molecule has 23 unspecified atom stereocenters. The van der Waals surface area contributed by atoms with Crippen molar-refractivity contribution in [3.8, 4) is 0 Å². The highest BCUT2D eigenvalue weighted by atomic mass is 16.5. The number of nitrogens with zero attached hydrogens (tertiary/aromatic N) is 2. The van der Waals surface area contributed by atoms with E-state index in [1.165, 1.54) is 20.8 Å². The van der Waals surface area contributed by atoms with Gasteiger partial charge in [-0.3, -0.25) is 71.9 Å². The minimum absolute atomic E-state index is 0.000144. The zero-order valence-electron chi connectivity index (χ0n) is 64.3. The third-order valence-corrected chi connectivity index (χ3v) is 19.7. The molecule has 614 valence electrons. The topological polar surface area (TPSA) is 638 Å². The van der Waals surface area contributed by atoms with Crippen molar-refractivity contribution in [1.29, 1.82) is 0 Å². The predicted octanol–water partition coefficient (Wildman–Crippen LogP) is -7.10. The zero-order valence-corrected chi connectivity index (χ0v) is 64.3. The van der Waals surface area contributed by atoms with Crippen LogP contribution in [0, 0.1) is 41.4 Å². The highest BCUT2D eigenvalue weighted by molar-refractivity contribution is 6.01. The Labute approximate surface area is 628 Å². The van der Waals surface area contributed by atoms with Crippen LogP contribution in [0.3, 0.4) is 0 Å². The van der Waals surface area contributed by atoms with E-state index in [2.05, 4.69) is 61.7 Å². The number of aliphatic hydroxyl groups excluding tert-OH is 5. The normalized spacial score (nSPS) is 25.2. The van der Waals surface area contributed by atoms with E-state index in [1.54, 1.807) is 20.8 Å². The van der Waals surface area contributed by atoms with Gasteiger partial charge in [-0.1, -0.05) is 68.7 Å². The molecule has 23 atom stereocenters. The molecule has 0 aliphatic carbocycles. The number of carbonyl (C=O) groups is 16. The van der Waals surface area contributed by atoms with Crippen LogP contribution in [0.2, 0.25) is 0 Å². The van der Waals surface area contributed by atoms with E-state index in [0.29, 0.717) is 18.8 Å². The van der Waals surface area contributed by atoms with E-state index < -0.39 is 241 Å². The monoisotopic (exact) mass is 1540 g/mol. The second-order valence-electron chi connectivity index (χ2n) is 29.2. The van der Waals surface area contributed by atoms with Gasteiger partial charge in [0.1, 0.15) is 66.6 Å². The van der Waals surface area contributed by atoms with Crippen LogP contribution >= 0.6 is 0 Å². The molecule has 0 aromatic carbocycles. The molecule has 2 aliphatic heterocycles. The number of carbonyl (C=O) groups excluding carboxylic acids is 16. The number of cyclic esters (lactones) is 1. The maximum atomic E-state index is 15.1. The molecule has 0 saturated carbocycles. The van der Waals surface area contributed by atoms with Gasteiger partial charge < -0.3 is 121 Å². The van der Waals surface area contributed by atoms with Gasteiger partial charge in [-0.05, 0) is 115 Å². The molecule has 2 saturated heterocycles. The Morgan fingerprint density at radius 3 is 1.78 bits per heavy atom. The third kappa shape index (κ3) is 29.0. The fourth-order valence-corrected chi connectivity index (χ4v) is 12.9. The number of nitrogens with one attached hydrogen (secondary N) is 9. The molecule has 15 amide bonds. The molecule has 2 rings (SSSR count). The number of nitrogens with two attached hydrogens (primary N) is 5. The molecular formula is C69H120N16O23. The lowest BCUT2D eigenvalue weighted by molar-refractivity contribution is -0.164. The molecule has 0 bridgehead atoms. The van der Waals surface area contributed by atoms with Gasteiger partial charge in [0.25, 0.3) is 5.91 Å². The standard InChI is InChI=1S/C69H120N16O23/c1-15-31(4)27-41-67(104)84(13)43(21-22-45(71)88)61(98)83-52(56(107-14)58(74)95)65(102)78-42(28-46(72)89)68(105)85-24-17-16-20-44(85)69(106)108-39(12)51(64(101)81-50(38(11)87)63(100)76-40(19-18-23-70)60(97)77-41)82-62(99)48(34(7)35(8)57(73)94)80-66(103)55(93)54(92)49(37(10)86)79-47(90)29-75-59(96)36(9)53(91)33(6)26-32(5)25-30(2)3/h30-44,48-56,86-87,91-93H,15-29,70H2,1-14H3,(H2,71,88)(H2,72,89)(H2,73,94)(H2,74,95)(H,75,96)(H,76,100)(H,77,97)(H,78,102)(H,79,90)(H,80,103)(H,81,101)(H,82,99)(H,83,98). The molecule has 0 radical (unpaired) electrons. The largest absolute Gasteiger partial charge is 0.458 e. The predicted molar refractivity (Wildman–Crippen MR) is 385 cm³/mol. The fourth-order valence-electron chi connectivity index (χ4n) is 12.9. The Bertz CT molecular complexity index is 3130. The number of ether oxygens (including phenoxy) is 2. The number of primary amides is 4. The summed E-state index contributed by atoms with van der Waals surface area (Å²) in [5, 5.41) is 77.0. The Morgan fingerprint density at radius 1 is 0.648 bits per heavy atom. The number of hydrogen-bond donors (Lipinski definition) is 19. The van der Waals surface area contributed by atoms with Gasteiger partial charge in [-0.15, -0.1) is 0 Å². The summed E-state index contributed by atoms with van der Waals surface area (Å²) < 4.78 is 11.1. The number of fused-ring (bicyclic) bond motifs is 1. The molecule has 0 aromatic rings. The molecular weight excluding hydrogens is 1420 g/mol. The summed E-state index contributed by atoms with van der Waals surface area (Å²) >= 11 is 0. The Balaban J connectivity index is 2.97. The minimum Gasteiger partial charge on any atom is -0.458 e. The van der Waals surface area contributed by atoms with E-state index in [0.717, 1.165) is 51.1 Å². The van der Waals surface area contributed by atoms with Crippen LogP contribution in [0.15, 0.2) is 0 Å². The van der Waals surface area contributed by atoms with Crippen molar-refractivity contribution in [2.45, 2.75) is 263 Å². The molecule has 39 nitrogen and oxygen atoms in total. The molecule has 0 spiro atoms. The molecule has 0 aromatic heterocycles. The van der Waals surface area contributed by atoms with Crippen molar-refractivity contribution in [2.24, 2.45) is 70.1 Å². The number of piperidine rings is 1. The van der Waals surface area contributed by atoms with Gasteiger partial charge in [0.15, 0.2) is 12.2 Å². The maximum Gasteiger partial charge on any atom is 0.329 e. The second kappa shape index (κ2) is 45.3. The first-order valence-corrected chi connectivity index (χ1v) is 36.5. The SMILES string of the molecule is CCC(C)CC1NC(=O)C(CCCN)NC(=O)C(C(C)O)NC(=O)C(NC(=O)C(NC(=O)C(O)C(O)C(NC(=O)CNC(=O)C(C)C(O)C(C)CC(C)CC(C)C)C(C)O)C(C)C(C)C(N)=O)C(C)OC(=O)C2CCCCN2C(=O)C(CC(N)=O)NC(=O)C(C(OC)C(N)=O)NC(=O)C(CCC(N)=O)N(C)C1=O. The number of rotatable bonds is 35. The maximum absolute atomic E-state index is 15.1. The van der Waals surface area contributed by atoms with Crippen LogP contribution in [0.25, 0.3) is 0 Å². The number of likely N-dealkylation sites (N-methyl/N-ethyl adjacent to an activating group) is 1. The fraction of sp³-hybridized carbons (Fsp3) is 0.768.